The van der Waals surface area contributed by atoms with E-state index < -0.39 is 82.2 Å². The summed E-state index contributed by atoms with van der Waals surface area (Å²) in [5, 5.41) is 16.4. The van der Waals surface area contributed by atoms with E-state index in [0.717, 1.165) is 27.8 Å². The van der Waals surface area contributed by atoms with Crippen molar-refractivity contribution >= 4 is 97.4 Å². The van der Waals surface area contributed by atoms with Crippen LogP contribution in [0, 0.1) is 11.3 Å². The van der Waals surface area contributed by atoms with Crippen LogP contribution in [-0.2, 0) is 58.9 Å². The summed E-state index contributed by atoms with van der Waals surface area (Å²) in [4.78, 5) is 109. The number of halogens is 1. The molecule has 19 nitrogen and oxygen atoms in total. The number of hydrogen-bond acceptors (Lipinski definition) is 17. The van der Waals surface area contributed by atoms with Crippen LogP contribution in [0.4, 0.5) is 10.5 Å². The fraction of sp³-hybridized carbons (Fsp3) is 0.660. The van der Waals surface area contributed by atoms with Gasteiger partial charge in [-0.3, -0.25) is 39.0 Å². The third-order valence-corrected chi connectivity index (χ3v) is 19.4. The van der Waals surface area contributed by atoms with Crippen molar-refractivity contribution in [2.45, 2.75) is 165 Å². The Kier molecular flexibility index (Phi) is 21.5. The average Bonchev–Trinajstić information content (AvgIpc) is 3.97. The highest BCUT2D eigenvalue weighted by atomic mass is 35.5. The highest BCUT2D eigenvalue weighted by molar-refractivity contribution is 8.77. The van der Waals surface area contributed by atoms with Crippen molar-refractivity contribution in [1.82, 2.24) is 20.4 Å². The number of esters is 1. The molecule has 3 fully saturated rings. The number of carbonyl (C=O) groups is 8. The summed E-state index contributed by atoms with van der Waals surface area (Å²) < 4.78 is 29.2. The molecule has 3 N–H and O–H groups in total. The van der Waals surface area contributed by atoms with E-state index in [1.165, 1.54) is 31.1 Å². The molecule has 4 aliphatic heterocycles. The molecule has 4 heterocycles. The van der Waals surface area contributed by atoms with Gasteiger partial charge < -0.3 is 43.9 Å². The first kappa shape index (κ1) is 62.5. The molecule has 9 atom stereocenters. The zero-order chi connectivity index (χ0) is 56.7. The lowest BCUT2D eigenvalue weighted by molar-refractivity contribution is -0.162. The van der Waals surface area contributed by atoms with Gasteiger partial charge in [-0.15, -0.1) is 0 Å². The van der Waals surface area contributed by atoms with Crippen LogP contribution in [0.25, 0.3) is 0 Å². The first-order valence-electron chi connectivity index (χ1n) is 25.4. The molecule has 0 radical (unpaired) electrons. The van der Waals surface area contributed by atoms with E-state index in [-0.39, 0.29) is 77.8 Å². The number of hydrogen-bond donors (Lipinski definition) is 3. The SMILES string of the molecule is COc1cc2cc(c1Cl)N(C)C(=O)C[C@H](OC(=O)[C@H](C)N(C)C(=O)CCC(C)(C)SSCCCC(=O)NCCN1C(=O)CC(SC(=O)C(C)(C)C)C1=O)[C@]1(C)O[C@H]1[C@H](C)[C@@H]1C[C@@](O)(NC(=O)O1)[C@H](OC)/C=C/C=C(\C)C2. The highest BCUT2D eigenvalue weighted by Crippen LogP contribution is 2.49. The normalized spacial score (nSPS) is 27.8. The number of rotatable bonds is 18. The number of ether oxygens (including phenoxy) is 5. The molecule has 1 aromatic rings. The third-order valence-electron chi connectivity index (χ3n) is 14.1. The van der Waals surface area contributed by atoms with Crippen LogP contribution >= 0.6 is 45.0 Å². The van der Waals surface area contributed by atoms with Crippen LogP contribution < -0.4 is 20.3 Å². The third kappa shape index (κ3) is 15.9. The summed E-state index contributed by atoms with van der Waals surface area (Å²) in [6.07, 6.45) is 1.88. The van der Waals surface area contributed by atoms with Crippen LogP contribution in [0.2, 0.25) is 5.02 Å². The second kappa shape index (κ2) is 26.1. The number of benzene rings is 1. The second-order valence-corrected chi connectivity index (χ2v) is 26.4. The van der Waals surface area contributed by atoms with Crippen LogP contribution in [0.15, 0.2) is 35.9 Å². The molecule has 76 heavy (non-hydrogen) atoms. The molecule has 23 heteroatoms. The minimum Gasteiger partial charge on any atom is -0.495 e. The number of allylic oxidation sites excluding steroid dienone is 3. The second-order valence-electron chi connectivity index (χ2n) is 21.8. The van der Waals surface area contributed by atoms with Crippen LogP contribution in [0.1, 0.15) is 113 Å². The van der Waals surface area contributed by atoms with Crippen LogP contribution in [0.3, 0.4) is 0 Å². The van der Waals surface area contributed by atoms with E-state index in [4.69, 9.17) is 35.3 Å². The van der Waals surface area contributed by atoms with Gasteiger partial charge in [-0.1, -0.05) is 96.4 Å². The number of alkyl carbamates (subject to hydrolysis) is 1. The molecule has 422 valence electrons. The van der Waals surface area contributed by atoms with Crippen molar-refractivity contribution in [3.05, 3.63) is 46.5 Å². The van der Waals surface area contributed by atoms with Crippen LogP contribution in [0.5, 0.6) is 5.75 Å². The van der Waals surface area contributed by atoms with Gasteiger partial charge >= 0.3 is 12.1 Å². The van der Waals surface area contributed by atoms with E-state index in [2.05, 4.69) is 10.6 Å². The Labute approximate surface area is 463 Å². The molecular weight excluding hydrogens is 1060 g/mol. The van der Waals surface area contributed by atoms with E-state index >= 15 is 0 Å². The van der Waals surface area contributed by atoms with Gasteiger partial charge in [-0.25, -0.2) is 9.59 Å². The van der Waals surface area contributed by atoms with Gasteiger partial charge in [0.15, 0.2) is 10.8 Å². The Morgan fingerprint density at radius 3 is 2.42 bits per heavy atom. The molecule has 6 amide bonds. The van der Waals surface area contributed by atoms with Crippen molar-refractivity contribution < 1.29 is 67.1 Å². The quantitative estimate of drug-likeness (QED) is 0.0451. The Morgan fingerprint density at radius 2 is 1.76 bits per heavy atom. The summed E-state index contributed by atoms with van der Waals surface area (Å²) in [6, 6.07) is 2.48. The zero-order valence-corrected chi connectivity index (χ0v) is 49.1. The van der Waals surface area contributed by atoms with Crippen molar-refractivity contribution in [2.24, 2.45) is 11.3 Å². The first-order valence-corrected chi connectivity index (χ1v) is 29.0. The summed E-state index contributed by atoms with van der Waals surface area (Å²) in [5.74, 6) is -2.13. The number of nitrogens with one attached hydrogen (secondary N) is 2. The lowest BCUT2D eigenvalue weighted by Crippen LogP contribution is -2.63. The minimum atomic E-state index is -1.87. The number of likely N-dealkylation sites (tertiary alicyclic amines) is 1. The van der Waals surface area contributed by atoms with Gasteiger partial charge in [-0.2, -0.15) is 0 Å². The molecule has 4 bridgehead atoms. The molecule has 0 aliphatic carbocycles. The molecule has 5 rings (SSSR count). The summed E-state index contributed by atoms with van der Waals surface area (Å²) >= 11 is 7.72. The number of anilines is 1. The Bertz CT molecular complexity index is 2440. The maximum absolute atomic E-state index is 14.4. The van der Waals surface area contributed by atoms with Crippen molar-refractivity contribution in [3.8, 4) is 5.75 Å². The summed E-state index contributed by atoms with van der Waals surface area (Å²) in [7, 11) is 9.13. The Balaban J connectivity index is 1.18. The van der Waals surface area contributed by atoms with E-state index in [1.807, 2.05) is 26.8 Å². The molecule has 4 aliphatic rings. The Hall–Kier alpha value is -4.32. The molecule has 1 unspecified atom stereocenters. The maximum atomic E-state index is 14.4. The number of likely N-dealkylation sites (N-methyl/N-ethyl adjacent to an activating group) is 1. The topological polar surface area (TPSA) is 240 Å². The van der Waals surface area contributed by atoms with Crippen LogP contribution in [-0.4, -0.2) is 161 Å². The summed E-state index contributed by atoms with van der Waals surface area (Å²) in [5.41, 5.74) is -1.75. The predicted octanol–water partition coefficient (Wildman–Crippen LogP) is 6.78. The van der Waals surface area contributed by atoms with Gasteiger partial charge in [0.25, 0.3) is 0 Å². The average molecular weight is 1140 g/mol. The maximum Gasteiger partial charge on any atom is 0.409 e. The first-order chi connectivity index (χ1) is 35.4. The number of methoxy groups -OCH3 is 2. The van der Waals surface area contributed by atoms with Gasteiger partial charge in [0.05, 0.1) is 25.3 Å². The number of imide groups is 1. The van der Waals surface area contributed by atoms with Crippen molar-refractivity contribution in [2.75, 3.05) is 52.1 Å². The monoisotopic (exact) mass is 1140 g/mol. The number of epoxide rings is 1. The van der Waals surface area contributed by atoms with Gasteiger partial charge in [0.1, 0.15) is 46.0 Å². The number of nitrogens with zero attached hydrogens (tertiary/aromatic N) is 3. The fourth-order valence-corrected chi connectivity index (χ4v) is 13.1. The number of thioether (sulfide) groups is 1. The standard InChI is InChI=1S/C53H76ClN5O14S3/c1-30-16-14-17-38(70-13)53(68)29-36(71-49(67)56-53)31(2)45-52(9,73-45)39(28-42(62)58(11)34-25-33(24-30)26-35(69-12)44(34)54)72-47(65)32(3)57(10)41(61)19-20-51(7,8)76-74-23-15-18-40(60)55-21-22-59-43(63)27-37(46(59)64)75-48(66)50(4,5)6/h14,16-17,25-26,31-32,36-39,45,68H,15,18-24,27-29H2,1-13H3,(H,55,60)(H,56,67)/b17-14+,30-16+/t31-,32+,36+,37?,38-,39+,45+,52+,53+/m1/s1. The van der Waals surface area contributed by atoms with Gasteiger partial charge in [0, 0.05) is 81.8 Å². The number of amides is 6. The number of fused-ring (bicyclic) bond motifs is 5. The van der Waals surface area contributed by atoms with Gasteiger partial charge in [-0.05, 0) is 71.6 Å². The van der Waals surface area contributed by atoms with Crippen molar-refractivity contribution in [3.63, 3.8) is 0 Å². The number of aliphatic hydroxyl groups is 1. The Morgan fingerprint density at radius 1 is 1.07 bits per heavy atom. The minimum absolute atomic E-state index is 0.0350. The summed E-state index contributed by atoms with van der Waals surface area (Å²) in [6.45, 7) is 16.4. The van der Waals surface area contributed by atoms with E-state index in [0.29, 0.717) is 36.5 Å². The zero-order valence-electron chi connectivity index (χ0n) is 45.9. The van der Waals surface area contributed by atoms with E-state index in [1.54, 1.807) is 94.5 Å². The van der Waals surface area contributed by atoms with Crippen molar-refractivity contribution in [1.29, 1.82) is 0 Å². The highest BCUT2D eigenvalue weighted by Gasteiger charge is 2.64. The molecule has 0 aromatic heterocycles. The number of carbonyl (C=O) groups excluding carboxylic acids is 8. The largest absolute Gasteiger partial charge is 0.495 e. The molecule has 0 saturated carbocycles. The molecule has 0 spiro atoms. The molecule has 3 saturated heterocycles. The van der Waals surface area contributed by atoms with Gasteiger partial charge in [0.2, 0.25) is 29.5 Å². The fourth-order valence-electron chi connectivity index (χ4n) is 9.02. The molecular formula is C53H76ClN5O14S3. The lowest BCUT2D eigenvalue weighted by Gasteiger charge is -2.42. The smallest absolute Gasteiger partial charge is 0.409 e. The molecule has 1 aromatic carbocycles. The van der Waals surface area contributed by atoms with E-state index in [9.17, 15) is 43.5 Å². The predicted molar refractivity (Wildman–Crippen MR) is 294 cm³/mol. The lowest BCUT2D eigenvalue weighted by atomic mass is 9.83.